The Balaban J connectivity index is 1.76. The van der Waals surface area contributed by atoms with Crippen LogP contribution in [0.3, 0.4) is 0 Å². The Hall–Kier alpha value is -2.83. The summed E-state index contributed by atoms with van der Waals surface area (Å²) in [7, 11) is 0. The number of nitrogens with one attached hydrogen (secondary N) is 1. The van der Waals surface area contributed by atoms with Gasteiger partial charge in [0, 0.05) is 29.9 Å². The van der Waals surface area contributed by atoms with Crippen molar-refractivity contribution in [3.8, 4) is 10.4 Å². The molecule has 1 saturated heterocycles. The van der Waals surface area contributed by atoms with Gasteiger partial charge in [0.05, 0.1) is 11.5 Å². The summed E-state index contributed by atoms with van der Waals surface area (Å²) in [5.74, 6) is -2.31. The zero-order chi connectivity index (χ0) is 26.2. The summed E-state index contributed by atoms with van der Waals surface area (Å²) in [5.41, 5.74) is -0.979. The van der Waals surface area contributed by atoms with Gasteiger partial charge in [0.15, 0.2) is 0 Å². The summed E-state index contributed by atoms with van der Waals surface area (Å²) in [6, 6.07) is -1.13. The summed E-state index contributed by atoms with van der Waals surface area (Å²) in [6.45, 7) is 3.94. The first-order chi connectivity index (χ1) is 17.0. The Labute approximate surface area is 208 Å². The second-order valence-corrected chi connectivity index (χ2v) is 9.86. The highest BCUT2D eigenvalue weighted by molar-refractivity contribution is 7.17. The van der Waals surface area contributed by atoms with Crippen LogP contribution in [0.4, 0.5) is 27.8 Å². The van der Waals surface area contributed by atoms with Crippen molar-refractivity contribution in [2.75, 3.05) is 18.5 Å². The SMILES string of the molecule is CCOC(=O)c1nc(C(=O)N2CCCC2C)c(-c2cnc(NC(C3CC3)C(F)(F)F)cc2C(F)F)s1. The van der Waals surface area contributed by atoms with Gasteiger partial charge in [-0.05, 0) is 51.5 Å². The topological polar surface area (TPSA) is 84.4 Å². The van der Waals surface area contributed by atoms with E-state index in [9.17, 15) is 31.5 Å². The number of nitrogens with zero attached hydrogens (tertiary/aromatic N) is 3. The first-order valence-electron chi connectivity index (χ1n) is 11.6. The number of carbonyl (C=O) groups excluding carboxylic acids is 2. The fourth-order valence-corrected chi connectivity index (χ4v) is 5.26. The number of esters is 1. The summed E-state index contributed by atoms with van der Waals surface area (Å²) in [6.07, 6.45) is -4.36. The number of hydrogen-bond acceptors (Lipinski definition) is 7. The Morgan fingerprint density at radius 2 is 2.00 bits per heavy atom. The second-order valence-electron chi connectivity index (χ2n) is 8.87. The van der Waals surface area contributed by atoms with E-state index in [-0.39, 0.29) is 39.6 Å². The summed E-state index contributed by atoms with van der Waals surface area (Å²) in [5, 5.41) is 2.07. The molecule has 2 unspecified atom stereocenters. The highest BCUT2D eigenvalue weighted by Crippen LogP contribution is 2.43. The van der Waals surface area contributed by atoms with Gasteiger partial charge in [-0.1, -0.05) is 0 Å². The highest BCUT2D eigenvalue weighted by Gasteiger charge is 2.49. The molecule has 1 aliphatic carbocycles. The van der Waals surface area contributed by atoms with Gasteiger partial charge in [-0.3, -0.25) is 4.79 Å². The number of likely N-dealkylation sites (tertiary alicyclic amines) is 1. The van der Waals surface area contributed by atoms with Gasteiger partial charge in [0.2, 0.25) is 5.01 Å². The van der Waals surface area contributed by atoms with E-state index >= 15 is 0 Å². The van der Waals surface area contributed by atoms with Crippen LogP contribution < -0.4 is 5.32 Å². The number of pyridine rings is 1. The first kappa shape index (κ1) is 26.2. The summed E-state index contributed by atoms with van der Waals surface area (Å²) in [4.78, 5) is 35.3. The first-order valence-corrected chi connectivity index (χ1v) is 12.4. The third-order valence-electron chi connectivity index (χ3n) is 6.26. The molecule has 4 rings (SSSR count). The molecular weight excluding hydrogens is 507 g/mol. The van der Waals surface area contributed by atoms with Crippen molar-refractivity contribution in [3.63, 3.8) is 0 Å². The van der Waals surface area contributed by atoms with Crippen LogP contribution in [0.1, 0.15) is 71.8 Å². The lowest BCUT2D eigenvalue weighted by Crippen LogP contribution is -2.38. The number of anilines is 1. The van der Waals surface area contributed by atoms with Crippen LogP contribution >= 0.6 is 11.3 Å². The number of hydrogen-bond donors (Lipinski definition) is 1. The molecule has 0 bridgehead atoms. The van der Waals surface area contributed by atoms with Crippen molar-refractivity contribution in [1.29, 1.82) is 0 Å². The number of alkyl halides is 5. The predicted octanol–water partition coefficient (Wildman–Crippen LogP) is 5.70. The standard InChI is InChI=1S/C23H25F5N4O3S/c1-3-35-22(34)20-31-16(21(33)32-8-4-5-11(32)2)17(36-20)14-10-29-15(9-13(14)19(24)25)30-18(12-6-7-12)23(26,27)28/h9-12,18-19H,3-8H2,1-2H3,(H,29,30). The number of ether oxygens (including phenoxy) is 1. The molecule has 36 heavy (non-hydrogen) atoms. The molecule has 1 aliphatic heterocycles. The van der Waals surface area contributed by atoms with E-state index in [1.165, 1.54) is 0 Å². The van der Waals surface area contributed by atoms with Crippen LogP contribution in [-0.2, 0) is 4.74 Å². The van der Waals surface area contributed by atoms with Crippen LogP contribution in [-0.4, -0.2) is 58.2 Å². The van der Waals surface area contributed by atoms with Crippen LogP contribution in [0.15, 0.2) is 12.3 Å². The van der Waals surface area contributed by atoms with Crippen molar-refractivity contribution in [2.24, 2.45) is 5.92 Å². The van der Waals surface area contributed by atoms with E-state index in [2.05, 4.69) is 15.3 Å². The third kappa shape index (κ3) is 5.45. The van der Waals surface area contributed by atoms with Crippen molar-refractivity contribution in [1.82, 2.24) is 14.9 Å². The van der Waals surface area contributed by atoms with Crippen molar-refractivity contribution < 1.29 is 36.3 Å². The number of aromatic nitrogens is 2. The van der Waals surface area contributed by atoms with Gasteiger partial charge >= 0.3 is 12.1 Å². The van der Waals surface area contributed by atoms with Crippen molar-refractivity contribution in [3.05, 3.63) is 28.5 Å². The number of amides is 1. The molecule has 3 heterocycles. The second kappa shape index (κ2) is 10.3. The van der Waals surface area contributed by atoms with Gasteiger partial charge < -0.3 is 15.0 Å². The average molecular weight is 533 g/mol. The Bertz CT molecular complexity index is 1140. The molecule has 2 fully saturated rings. The van der Waals surface area contributed by atoms with Crippen molar-refractivity contribution >= 4 is 29.0 Å². The van der Waals surface area contributed by atoms with Gasteiger partial charge in [-0.2, -0.15) is 13.2 Å². The van der Waals surface area contributed by atoms with Crippen LogP contribution in [0.5, 0.6) is 0 Å². The minimum absolute atomic E-state index is 0.00827. The molecule has 0 aromatic carbocycles. The number of thiazole rings is 1. The highest BCUT2D eigenvalue weighted by atomic mass is 32.1. The number of carbonyl (C=O) groups is 2. The molecule has 2 aromatic rings. The fraction of sp³-hybridized carbons (Fsp3) is 0.565. The molecule has 0 spiro atoms. The minimum atomic E-state index is -4.56. The molecule has 1 saturated carbocycles. The molecule has 2 aliphatic rings. The maximum absolute atomic E-state index is 14.1. The molecule has 2 atom stereocenters. The predicted molar refractivity (Wildman–Crippen MR) is 122 cm³/mol. The Morgan fingerprint density at radius 3 is 2.56 bits per heavy atom. The van der Waals surface area contributed by atoms with E-state index in [1.54, 1.807) is 11.8 Å². The smallest absolute Gasteiger partial charge is 0.408 e. The maximum Gasteiger partial charge on any atom is 0.408 e. The zero-order valence-corrected chi connectivity index (χ0v) is 20.4. The van der Waals surface area contributed by atoms with E-state index in [0.29, 0.717) is 30.7 Å². The Morgan fingerprint density at radius 1 is 1.28 bits per heavy atom. The van der Waals surface area contributed by atoms with E-state index in [4.69, 9.17) is 4.74 Å². The molecule has 0 radical (unpaired) electrons. The lowest BCUT2D eigenvalue weighted by molar-refractivity contribution is -0.146. The number of rotatable bonds is 8. The van der Waals surface area contributed by atoms with Gasteiger partial charge in [0.1, 0.15) is 17.6 Å². The lowest BCUT2D eigenvalue weighted by atomic mass is 10.1. The van der Waals surface area contributed by atoms with Crippen LogP contribution in [0, 0.1) is 5.92 Å². The molecule has 13 heteroatoms. The quantitative estimate of drug-likeness (QED) is 0.347. The van der Waals surface area contributed by atoms with Gasteiger partial charge in [-0.25, -0.2) is 23.5 Å². The number of halogens is 5. The fourth-order valence-electron chi connectivity index (χ4n) is 4.27. The van der Waals surface area contributed by atoms with Gasteiger partial charge in [-0.15, -0.1) is 11.3 Å². The maximum atomic E-state index is 14.1. The summed E-state index contributed by atoms with van der Waals surface area (Å²) >= 11 is 0.713. The lowest BCUT2D eigenvalue weighted by Gasteiger charge is -2.23. The molecule has 1 amide bonds. The van der Waals surface area contributed by atoms with Crippen LogP contribution in [0.2, 0.25) is 0 Å². The Kier molecular flexibility index (Phi) is 7.48. The van der Waals surface area contributed by atoms with E-state index in [0.717, 1.165) is 25.1 Å². The largest absolute Gasteiger partial charge is 0.461 e. The average Bonchev–Trinajstić information content (AvgIpc) is 3.39. The molecule has 2 aromatic heterocycles. The summed E-state index contributed by atoms with van der Waals surface area (Å²) < 4.78 is 73.5. The molecular formula is C23H25F5N4O3S. The zero-order valence-electron chi connectivity index (χ0n) is 19.6. The normalized spacial score (nSPS) is 19.0. The van der Waals surface area contributed by atoms with Crippen molar-refractivity contribution in [2.45, 2.75) is 64.2 Å². The monoisotopic (exact) mass is 532 g/mol. The minimum Gasteiger partial charge on any atom is -0.461 e. The van der Waals surface area contributed by atoms with Gasteiger partial charge in [0.25, 0.3) is 12.3 Å². The molecule has 7 nitrogen and oxygen atoms in total. The molecule has 196 valence electrons. The molecule has 1 N–H and O–H groups in total. The van der Waals surface area contributed by atoms with E-state index < -0.39 is 42.0 Å². The van der Waals surface area contributed by atoms with E-state index in [1.807, 2.05) is 6.92 Å². The van der Waals surface area contributed by atoms with Crippen LogP contribution in [0.25, 0.3) is 10.4 Å². The third-order valence-corrected chi connectivity index (χ3v) is 7.33.